The van der Waals surface area contributed by atoms with Crippen LogP contribution < -0.4 is 0 Å². The number of hydrogen-bond acceptors (Lipinski definition) is 1. The Balaban J connectivity index is 2.81. The minimum atomic E-state index is 0.970. The monoisotopic (exact) mass is 262 g/mol. The molecule has 1 aromatic heterocycles. The van der Waals surface area contributed by atoms with E-state index in [0.717, 1.165) is 16.2 Å². The van der Waals surface area contributed by atoms with E-state index >= 15 is 0 Å². The molecule has 0 aliphatic rings. The molecule has 10 heavy (non-hydrogen) atoms. The van der Waals surface area contributed by atoms with Crippen LogP contribution in [0.15, 0.2) is 16.7 Å². The van der Waals surface area contributed by atoms with Gasteiger partial charge in [0, 0.05) is 16.0 Å². The first-order valence-electron chi connectivity index (χ1n) is 2.91. The van der Waals surface area contributed by atoms with E-state index in [1.165, 1.54) is 5.56 Å². The minimum Gasteiger partial charge on any atom is -0.254 e. The maximum atomic E-state index is 3.89. The van der Waals surface area contributed by atoms with Crippen molar-refractivity contribution in [2.75, 3.05) is 5.33 Å². The molecule has 0 N–H and O–H groups in total. The van der Waals surface area contributed by atoms with Crippen LogP contribution in [-0.4, -0.2) is 10.3 Å². The van der Waals surface area contributed by atoms with Crippen LogP contribution in [0.1, 0.15) is 5.56 Å². The second-order valence-electron chi connectivity index (χ2n) is 1.84. The van der Waals surface area contributed by atoms with Gasteiger partial charge in [0.05, 0.1) is 6.20 Å². The summed E-state index contributed by atoms with van der Waals surface area (Å²) in [6.07, 6.45) is 5.57. The van der Waals surface area contributed by atoms with Gasteiger partial charge in [-0.3, -0.25) is 4.98 Å². The summed E-state index contributed by atoms with van der Waals surface area (Å²) < 4.78 is 1.09. The van der Waals surface area contributed by atoms with Gasteiger partial charge in [-0.2, -0.15) is 0 Å². The van der Waals surface area contributed by atoms with Crippen LogP contribution in [-0.2, 0) is 6.42 Å². The number of nitrogens with zero attached hydrogens (tertiary/aromatic N) is 1. The van der Waals surface area contributed by atoms with E-state index in [2.05, 4.69) is 43.0 Å². The van der Waals surface area contributed by atoms with Crippen LogP contribution in [0.5, 0.6) is 0 Å². The molecule has 0 aliphatic carbocycles. The van der Waals surface area contributed by atoms with Crippen LogP contribution in [0.4, 0.5) is 0 Å². The average Bonchev–Trinajstić information content (AvgIpc) is 1.94. The maximum absolute atomic E-state index is 3.89. The van der Waals surface area contributed by atoms with Crippen LogP contribution in [0.3, 0.4) is 0 Å². The molecule has 1 rings (SSSR count). The fourth-order valence-corrected chi connectivity index (χ4v) is 1.48. The normalized spacial score (nSPS) is 9.80. The predicted octanol–water partition coefficient (Wildman–Crippen LogP) is 2.58. The molecular weight excluding hydrogens is 258 g/mol. The first kappa shape index (κ1) is 8.21. The van der Waals surface area contributed by atoms with Crippen LogP contribution in [0, 0.1) is 6.20 Å². The number of rotatable bonds is 2. The lowest BCUT2D eigenvalue weighted by molar-refractivity contribution is 1.11. The molecule has 0 amide bonds. The molecule has 1 heterocycles. The molecule has 3 heteroatoms. The Morgan fingerprint density at radius 2 is 2.40 bits per heavy atom. The van der Waals surface area contributed by atoms with E-state index in [1.54, 1.807) is 0 Å². The van der Waals surface area contributed by atoms with Crippen LogP contribution >= 0.6 is 31.9 Å². The van der Waals surface area contributed by atoms with Gasteiger partial charge in [0.2, 0.25) is 0 Å². The van der Waals surface area contributed by atoms with E-state index in [4.69, 9.17) is 0 Å². The third-order valence-electron chi connectivity index (χ3n) is 1.16. The van der Waals surface area contributed by atoms with Gasteiger partial charge in [-0.05, 0) is 18.1 Å². The van der Waals surface area contributed by atoms with Gasteiger partial charge in [-0.1, -0.05) is 31.9 Å². The van der Waals surface area contributed by atoms with Gasteiger partial charge >= 0.3 is 0 Å². The summed E-state index contributed by atoms with van der Waals surface area (Å²) in [5.74, 6) is 0. The maximum Gasteiger partial charge on any atom is 0.0897 e. The molecule has 0 aromatic carbocycles. The van der Waals surface area contributed by atoms with E-state index in [0.29, 0.717) is 0 Å². The largest absolute Gasteiger partial charge is 0.254 e. The molecule has 1 radical (unpaired) electrons. The van der Waals surface area contributed by atoms with Crippen molar-refractivity contribution >= 4 is 31.9 Å². The van der Waals surface area contributed by atoms with Crippen molar-refractivity contribution in [2.24, 2.45) is 0 Å². The quantitative estimate of drug-likeness (QED) is 0.748. The molecule has 0 saturated heterocycles. The second kappa shape index (κ2) is 4.09. The molecule has 0 bridgehead atoms. The molecule has 1 aromatic rings. The van der Waals surface area contributed by atoms with Gasteiger partial charge in [-0.15, -0.1) is 0 Å². The first-order valence-corrected chi connectivity index (χ1v) is 4.82. The SMILES string of the molecule is BrCCc1cn[c]cc1Br. The molecule has 0 unspecified atom stereocenters. The molecule has 0 atom stereocenters. The molecule has 0 aliphatic heterocycles. The number of aromatic nitrogens is 1. The van der Waals surface area contributed by atoms with Crippen molar-refractivity contribution in [3.05, 3.63) is 28.5 Å². The lowest BCUT2D eigenvalue weighted by Gasteiger charge is -1.97. The molecule has 0 fully saturated rings. The van der Waals surface area contributed by atoms with Crippen molar-refractivity contribution in [1.29, 1.82) is 0 Å². The van der Waals surface area contributed by atoms with Gasteiger partial charge < -0.3 is 0 Å². The standard InChI is InChI=1S/C7H6Br2N/c8-3-1-6-5-10-4-2-7(6)9/h2,5H,1,3H2. The molecule has 0 spiro atoms. The summed E-state index contributed by atoms with van der Waals surface area (Å²) in [5.41, 5.74) is 1.22. The number of hydrogen-bond donors (Lipinski definition) is 0. The summed E-state index contributed by atoms with van der Waals surface area (Å²) in [6, 6.07) is 1.83. The minimum absolute atomic E-state index is 0.970. The zero-order valence-corrected chi connectivity index (χ0v) is 8.44. The van der Waals surface area contributed by atoms with Crippen molar-refractivity contribution in [2.45, 2.75) is 6.42 Å². The topological polar surface area (TPSA) is 12.9 Å². The molecule has 53 valence electrons. The number of halogens is 2. The highest BCUT2D eigenvalue weighted by molar-refractivity contribution is 9.10. The van der Waals surface area contributed by atoms with Gasteiger partial charge in [0.15, 0.2) is 0 Å². The van der Waals surface area contributed by atoms with Crippen molar-refractivity contribution in [3.63, 3.8) is 0 Å². The Labute approximate surface area is 77.1 Å². The molecule has 0 saturated carbocycles. The number of pyridine rings is 1. The number of alkyl halides is 1. The smallest absolute Gasteiger partial charge is 0.0897 e. The summed E-state index contributed by atoms with van der Waals surface area (Å²) >= 11 is 6.77. The highest BCUT2D eigenvalue weighted by atomic mass is 79.9. The van der Waals surface area contributed by atoms with Crippen molar-refractivity contribution in [1.82, 2.24) is 4.98 Å². The lowest BCUT2D eigenvalue weighted by Crippen LogP contribution is -1.88. The predicted molar refractivity (Wildman–Crippen MR) is 48.3 cm³/mol. The summed E-state index contributed by atoms with van der Waals surface area (Å²) in [7, 11) is 0. The lowest BCUT2D eigenvalue weighted by atomic mass is 10.2. The zero-order valence-electron chi connectivity index (χ0n) is 5.27. The molecule has 1 nitrogen and oxygen atoms in total. The van der Waals surface area contributed by atoms with E-state index in [-0.39, 0.29) is 0 Å². The Bertz CT molecular complexity index is 213. The highest BCUT2D eigenvalue weighted by Gasteiger charge is 1.96. The van der Waals surface area contributed by atoms with Gasteiger partial charge in [-0.25, -0.2) is 0 Å². The second-order valence-corrected chi connectivity index (χ2v) is 3.49. The van der Waals surface area contributed by atoms with Gasteiger partial charge in [0.25, 0.3) is 0 Å². The average molecular weight is 264 g/mol. The zero-order chi connectivity index (χ0) is 7.40. The third kappa shape index (κ3) is 2.06. The van der Waals surface area contributed by atoms with Crippen LogP contribution in [0.2, 0.25) is 0 Å². The Morgan fingerprint density at radius 3 is 3.00 bits per heavy atom. The Hall–Kier alpha value is 0.110. The van der Waals surface area contributed by atoms with E-state index in [9.17, 15) is 0 Å². The third-order valence-corrected chi connectivity index (χ3v) is 2.29. The van der Waals surface area contributed by atoms with Crippen molar-refractivity contribution < 1.29 is 0 Å². The highest BCUT2D eigenvalue weighted by Crippen LogP contribution is 2.14. The molecular formula is C7H6Br2N. The fourth-order valence-electron chi connectivity index (χ4n) is 0.649. The first-order chi connectivity index (χ1) is 4.84. The fraction of sp³-hybridized carbons (Fsp3) is 0.286. The van der Waals surface area contributed by atoms with E-state index in [1.807, 2.05) is 12.3 Å². The summed E-state index contributed by atoms with van der Waals surface area (Å²) in [6.45, 7) is 0. The number of aryl methyl sites for hydroxylation is 1. The van der Waals surface area contributed by atoms with Crippen LogP contribution in [0.25, 0.3) is 0 Å². The summed E-state index contributed by atoms with van der Waals surface area (Å²) in [4.78, 5) is 3.89. The van der Waals surface area contributed by atoms with Crippen molar-refractivity contribution in [3.8, 4) is 0 Å². The Morgan fingerprint density at radius 1 is 1.60 bits per heavy atom. The summed E-state index contributed by atoms with van der Waals surface area (Å²) in [5, 5.41) is 0.970. The van der Waals surface area contributed by atoms with E-state index < -0.39 is 0 Å². The Kier molecular flexibility index (Phi) is 3.35. The van der Waals surface area contributed by atoms with Gasteiger partial charge in [0.1, 0.15) is 0 Å².